The van der Waals surface area contributed by atoms with Gasteiger partial charge in [0.25, 0.3) is 0 Å². The van der Waals surface area contributed by atoms with Crippen molar-refractivity contribution < 1.29 is 14.3 Å². The summed E-state index contributed by atoms with van der Waals surface area (Å²) in [6, 6.07) is 4.09. The van der Waals surface area contributed by atoms with Crippen LogP contribution in [0.5, 0.6) is 5.88 Å². The number of nitrogens with one attached hydrogen (secondary N) is 1. The maximum Gasteiger partial charge on any atom is 0.407 e. The molecule has 1 aromatic heterocycles. The number of nitrogens with zero attached hydrogens (tertiary/aromatic N) is 1. The Kier molecular flexibility index (Phi) is 5.21. The number of aromatic nitrogens is 1. The maximum absolute atomic E-state index is 11.3. The molecule has 0 atom stereocenters. The summed E-state index contributed by atoms with van der Waals surface area (Å²) in [5.41, 5.74) is 1.12. The fraction of sp³-hybridized carbons (Fsp3) is 0.600. The smallest absolute Gasteiger partial charge is 0.407 e. The third kappa shape index (κ3) is 4.40. The van der Waals surface area contributed by atoms with Crippen molar-refractivity contribution in [2.24, 2.45) is 0 Å². The van der Waals surface area contributed by atoms with E-state index < -0.39 is 0 Å². The van der Waals surface area contributed by atoms with E-state index in [0.29, 0.717) is 12.5 Å². The molecule has 1 heterocycles. The molecule has 1 aliphatic carbocycles. The van der Waals surface area contributed by atoms with Crippen LogP contribution >= 0.6 is 0 Å². The third-order valence-electron chi connectivity index (χ3n) is 3.44. The Hall–Kier alpha value is -1.78. The summed E-state index contributed by atoms with van der Waals surface area (Å²) in [5.74, 6) is 0.678. The molecule has 1 N–H and O–H groups in total. The van der Waals surface area contributed by atoms with Gasteiger partial charge < -0.3 is 14.8 Å². The van der Waals surface area contributed by atoms with Crippen molar-refractivity contribution in [3.63, 3.8) is 0 Å². The molecule has 1 aromatic rings. The molecule has 5 nitrogen and oxygen atoms in total. The van der Waals surface area contributed by atoms with Gasteiger partial charge in [-0.2, -0.15) is 0 Å². The first-order valence-corrected chi connectivity index (χ1v) is 7.20. The van der Waals surface area contributed by atoms with Gasteiger partial charge in [-0.15, -0.1) is 0 Å². The molecule has 0 bridgehead atoms. The van der Waals surface area contributed by atoms with Gasteiger partial charge >= 0.3 is 6.09 Å². The average Bonchev–Trinajstić information content (AvgIpc) is 2.44. The van der Waals surface area contributed by atoms with Crippen LogP contribution in [0.1, 0.15) is 38.2 Å². The molecule has 20 heavy (non-hydrogen) atoms. The van der Waals surface area contributed by atoms with E-state index in [1.165, 1.54) is 0 Å². The molecule has 0 saturated heterocycles. The second kappa shape index (κ2) is 7.12. The van der Waals surface area contributed by atoms with Crippen LogP contribution in [-0.4, -0.2) is 29.8 Å². The third-order valence-corrected chi connectivity index (χ3v) is 3.44. The molecule has 0 aromatic carbocycles. The topological polar surface area (TPSA) is 60.5 Å². The van der Waals surface area contributed by atoms with Crippen LogP contribution < -0.4 is 10.1 Å². The van der Waals surface area contributed by atoms with Crippen LogP contribution in [0.25, 0.3) is 0 Å². The minimum Gasteiger partial charge on any atom is -0.474 e. The lowest BCUT2D eigenvalue weighted by Crippen LogP contribution is -2.40. The molecular formula is C15H22N2O3. The largest absolute Gasteiger partial charge is 0.474 e. The zero-order chi connectivity index (χ0) is 14.4. The highest BCUT2D eigenvalue weighted by Gasteiger charge is 2.24. The Morgan fingerprint density at radius 1 is 1.35 bits per heavy atom. The fourth-order valence-electron chi connectivity index (χ4n) is 2.36. The van der Waals surface area contributed by atoms with Crippen molar-refractivity contribution in [1.29, 1.82) is 0 Å². The fourth-order valence-corrected chi connectivity index (χ4v) is 2.36. The van der Waals surface area contributed by atoms with Crippen LogP contribution in [0.15, 0.2) is 18.3 Å². The van der Waals surface area contributed by atoms with Gasteiger partial charge in [0, 0.05) is 18.3 Å². The Morgan fingerprint density at radius 3 is 2.70 bits per heavy atom. The standard InChI is InChI=1S/C15H22N2O3/c1-3-19-15(18)17-12-5-7-13(8-6-12)20-14-9-4-11(2)10-16-14/h4,9-10,12-13H,3,5-8H2,1-2H3,(H,17,18). The summed E-state index contributed by atoms with van der Waals surface area (Å²) in [6.45, 7) is 4.21. The molecule has 0 radical (unpaired) electrons. The van der Waals surface area contributed by atoms with E-state index in [1.807, 2.05) is 25.3 Å². The number of aryl methyl sites for hydroxylation is 1. The first-order valence-electron chi connectivity index (χ1n) is 7.20. The first-order chi connectivity index (χ1) is 9.67. The zero-order valence-electron chi connectivity index (χ0n) is 12.1. The monoisotopic (exact) mass is 278 g/mol. The second-order valence-electron chi connectivity index (χ2n) is 5.13. The molecule has 1 fully saturated rings. The molecule has 0 unspecified atom stereocenters. The van der Waals surface area contributed by atoms with Gasteiger partial charge in [-0.1, -0.05) is 6.07 Å². The Balaban J connectivity index is 1.74. The highest BCUT2D eigenvalue weighted by Crippen LogP contribution is 2.23. The predicted octanol–water partition coefficient (Wildman–Crippen LogP) is 2.83. The van der Waals surface area contributed by atoms with Gasteiger partial charge in [0.1, 0.15) is 6.10 Å². The molecule has 0 aliphatic heterocycles. The van der Waals surface area contributed by atoms with Crippen LogP contribution in [0.2, 0.25) is 0 Å². The van der Waals surface area contributed by atoms with E-state index in [1.54, 1.807) is 6.92 Å². The van der Waals surface area contributed by atoms with Crippen molar-refractivity contribution in [2.45, 2.75) is 51.7 Å². The van der Waals surface area contributed by atoms with Gasteiger partial charge in [0.05, 0.1) is 6.61 Å². The number of hydrogen-bond donors (Lipinski definition) is 1. The number of ether oxygens (including phenoxy) is 2. The van der Waals surface area contributed by atoms with Crippen LogP contribution in [0.4, 0.5) is 4.79 Å². The summed E-state index contributed by atoms with van der Waals surface area (Å²) in [7, 11) is 0. The SMILES string of the molecule is CCOC(=O)NC1CCC(Oc2ccc(C)cn2)CC1. The molecule has 110 valence electrons. The Morgan fingerprint density at radius 2 is 2.10 bits per heavy atom. The minimum absolute atomic E-state index is 0.186. The second-order valence-corrected chi connectivity index (χ2v) is 5.13. The summed E-state index contributed by atoms with van der Waals surface area (Å²) >= 11 is 0. The van der Waals surface area contributed by atoms with Crippen molar-refractivity contribution >= 4 is 6.09 Å². The van der Waals surface area contributed by atoms with E-state index in [2.05, 4.69) is 10.3 Å². The molecule has 1 amide bonds. The van der Waals surface area contributed by atoms with E-state index in [9.17, 15) is 4.79 Å². The van der Waals surface area contributed by atoms with Gasteiger partial charge in [0.2, 0.25) is 5.88 Å². The zero-order valence-corrected chi connectivity index (χ0v) is 12.1. The number of hydrogen-bond acceptors (Lipinski definition) is 4. The number of rotatable bonds is 4. The number of amides is 1. The molecule has 0 spiro atoms. The van der Waals surface area contributed by atoms with E-state index in [4.69, 9.17) is 9.47 Å². The number of carbonyl (C=O) groups excluding carboxylic acids is 1. The number of alkyl carbamates (subject to hydrolysis) is 1. The molecule has 1 aliphatic rings. The summed E-state index contributed by atoms with van der Waals surface area (Å²) < 4.78 is 10.7. The van der Waals surface area contributed by atoms with E-state index in [0.717, 1.165) is 31.2 Å². The van der Waals surface area contributed by atoms with E-state index >= 15 is 0 Å². The summed E-state index contributed by atoms with van der Waals surface area (Å²) in [6.07, 6.45) is 5.34. The first kappa shape index (κ1) is 14.6. The average molecular weight is 278 g/mol. The predicted molar refractivity (Wildman–Crippen MR) is 75.8 cm³/mol. The summed E-state index contributed by atoms with van der Waals surface area (Å²) in [5, 5.41) is 2.88. The lowest BCUT2D eigenvalue weighted by molar-refractivity contribution is 0.120. The molecular weight excluding hydrogens is 256 g/mol. The van der Waals surface area contributed by atoms with Crippen LogP contribution in [-0.2, 0) is 4.74 Å². The quantitative estimate of drug-likeness (QED) is 0.920. The van der Waals surface area contributed by atoms with Crippen molar-refractivity contribution in [3.8, 4) is 5.88 Å². The molecule has 1 saturated carbocycles. The van der Waals surface area contributed by atoms with Gasteiger partial charge in [-0.05, 0) is 45.1 Å². The van der Waals surface area contributed by atoms with Crippen molar-refractivity contribution in [1.82, 2.24) is 10.3 Å². The number of pyridine rings is 1. The highest BCUT2D eigenvalue weighted by atomic mass is 16.5. The number of carbonyl (C=O) groups is 1. The minimum atomic E-state index is -0.322. The van der Waals surface area contributed by atoms with Gasteiger partial charge in [0.15, 0.2) is 0 Å². The Labute approximate surface area is 119 Å². The molecule has 2 rings (SSSR count). The van der Waals surface area contributed by atoms with Crippen LogP contribution in [0.3, 0.4) is 0 Å². The highest BCUT2D eigenvalue weighted by molar-refractivity contribution is 5.67. The lowest BCUT2D eigenvalue weighted by Gasteiger charge is -2.28. The lowest BCUT2D eigenvalue weighted by atomic mass is 9.93. The van der Waals surface area contributed by atoms with Gasteiger partial charge in [-0.3, -0.25) is 0 Å². The maximum atomic E-state index is 11.3. The Bertz CT molecular complexity index is 425. The van der Waals surface area contributed by atoms with E-state index in [-0.39, 0.29) is 18.2 Å². The van der Waals surface area contributed by atoms with Crippen molar-refractivity contribution in [3.05, 3.63) is 23.9 Å². The van der Waals surface area contributed by atoms with Crippen LogP contribution in [0, 0.1) is 6.92 Å². The van der Waals surface area contributed by atoms with Crippen molar-refractivity contribution in [2.75, 3.05) is 6.61 Å². The summed E-state index contributed by atoms with van der Waals surface area (Å²) in [4.78, 5) is 15.6. The molecule has 5 heteroatoms. The normalized spacial score (nSPS) is 22.1. The van der Waals surface area contributed by atoms with Gasteiger partial charge in [-0.25, -0.2) is 9.78 Å².